The van der Waals surface area contributed by atoms with Gasteiger partial charge in [-0.25, -0.2) is 4.79 Å². The lowest BCUT2D eigenvalue weighted by Gasteiger charge is -2.27. The third kappa shape index (κ3) is 6.70. The quantitative estimate of drug-likeness (QED) is 0.150. The molecule has 1 unspecified atom stereocenters. The minimum absolute atomic E-state index is 0.0526. The molecule has 2 N–H and O–H groups in total. The minimum atomic E-state index is -0.586. The number of hydrogen-bond acceptors (Lipinski definition) is 8. The van der Waals surface area contributed by atoms with Gasteiger partial charge in [0.15, 0.2) is 18.1 Å². The second-order valence-corrected chi connectivity index (χ2v) is 10.9. The normalized spacial score (nSPS) is 13.8. The zero-order valence-electron chi connectivity index (χ0n) is 24.1. The number of carbonyl (C=O) groups excluding carboxylic acids is 1. The Hall–Kier alpha value is -4.84. The van der Waals surface area contributed by atoms with Crippen LogP contribution in [0.25, 0.3) is 0 Å². The van der Waals surface area contributed by atoms with E-state index in [9.17, 15) is 10.1 Å². The predicted molar refractivity (Wildman–Crippen MR) is 167 cm³/mol. The average molecular weight is 632 g/mol. The summed E-state index contributed by atoms with van der Waals surface area (Å²) in [5.41, 5.74) is 10.7. The van der Waals surface area contributed by atoms with E-state index in [1.165, 1.54) is 7.11 Å². The van der Waals surface area contributed by atoms with E-state index in [0.717, 1.165) is 16.7 Å². The molecule has 0 spiro atoms. The van der Waals surface area contributed by atoms with Crippen LogP contribution in [0.2, 0.25) is 10.0 Å². The number of rotatable bonds is 9. The fraction of sp³-hybridized carbons (Fsp3) is 0.176. The van der Waals surface area contributed by atoms with Gasteiger partial charge in [0.05, 0.1) is 13.0 Å². The highest BCUT2D eigenvalue weighted by molar-refractivity contribution is 6.35. The van der Waals surface area contributed by atoms with Crippen LogP contribution in [0.4, 0.5) is 0 Å². The van der Waals surface area contributed by atoms with Crippen molar-refractivity contribution in [2.24, 2.45) is 5.73 Å². The monoisotopic (exact) mass is 630 g/mol. The van der Waals surface area contributed by atoms with Crippen molar-refractivity contribution in [3.05, 3.63) is 122 Å². The molecule has 0 saturated carbocycles. The maximum Gasteiger partial charge on any atom is 0.349 e. The Morgan fingerprint density at radius 3 is 2.45 bits per heavy atom. The van der Waals surface area contributed by atoms with Crippen LogP contribution in [0.5, 0.6) is 28.7 Å². The molecular formula is C34H28Cl2N2O6. The fourth-order valence-electron chi connectivity index (χ4n) is 4.73. The van der Waals surface area contributed by atoms with Crippen LogP contribution in [-0.2, 0) is 11.4 Å². The molecule has 4 aromatic rings. The molecule has 0 fully saturated rings. The van der Waals surface area contributed by atoms with Crippen LogP contribution in [0.3, 0.4) is 0 Å². The van der Waals surface area contributed by atoms with Gasteiger partial charge in [-0.1, -0.05) is 47.5 Å². The van der Waals surface area contributed by atoms with Crippen molar-refractivity contribution in [2.45, 2.75) is 26.4 Å². The lowest BCUT2D eigenvalue weighted by Crippen LogP contribution is -2.22. The topological polar surface area (TPSA) is 113 Å². The second kappa shape index (κ2) is 13.2. The summed E-state index contributed by atoms with van der Waals surface area (Å²) in [5, 5.41) is 11.0. The number of nitrogens with two attached hydrogens (primary N) is 1. The van der Waals surface area contributed by atoms with E-state index < -0.39 is 11.9 Å². The Bertz CT molecular complexity index is 1810. The molecule has 5 rings (SSSR count). The van der Waals surface area contributed by atoms with Crippen molar-refractivity contribution in [1.82, 2.24) is 0 Å². The molecule has 4 aromatic carbocycles. The van der Waals surface area contributed by atoms with E-state index in [1.54, 1.807) is 54.6 Å². The van der Waals surface area contributed by atoms with Crippen LogP contribution in [0.15, 0.2) is 84.3 Å². The summed E-state index contributed by atoms with van der Waals surface area (Å²) >= 11 is 12.3. The summed E-state index contributed by atoms with van der Waals surface area (Å²) in [7, 11) is 1.53. The summed E-state index contributed by atoms with van der Waals surface area (Å²) in [6, 6.07) is 23.2. The van der Waals surface area contributed by atoms with Crippen LogP contribution in [0, 0.1) is 25.2 Å². The van der Waals surface area contributed by atoms with Crippen molar-refractivity contribution in [3.8, 4) is 34.8 Å². The maximum absolute atomic E-state index is 12.5. The molecular weight excluding hydrogens is 603 g/mol. The highest BCUT2D eigenvalue weighted by atomic mass is 35.5. The number of allylic oxidation sites excluding steroid dienone is 1. The highest BCUT2D eigenvalue weighted by Crippen LogP contribution is 2.45. The standard InChI is InChI=1S/C34H28Cl2N2O6/c1-19-4-8-24(12-20(19)2)41-18-32(39)43-25-9-10-26-30(15-25)44-34(38)27(16-37)33(26)21-6-11-29(31(13-21)40-3)42-17-22-5-7-23(35)14-28(22)36/h4-15,33H,17-18,38H2,1-3H3. The number of hydrogen-bond donors (Lipinski definition) is 1. The number of fused-ring (bicyclic) bond motifs is 1. The molecule has 1 heterocycles. The van der Waals surface area contributed by atoms with Crippen molar-refractivity contribution in [1.29, 1.82) is 5.26 Å². The lowest BCUT2D eigenvalue weighted by molar-refractivity contribution is -0.136. The van der Waals surface area contributed by atoms with Crippen LogP contribution >= 0.6 is 23.2 Å². The molecule has 1 atom stereocenters. The Balaban J connectivity index is 1.35. The first kappa shape index (κ1) is 30.6. The van der Waals surface area contributed by atoms with Gasteiger partial charge in [-0.05, 0) is 73.0 Å². The number of benzene rings is 4. The van der Waals surface area contributed by atoms with Crippen molar-refractivity contribution < 1.29 is 28.5 Å². The van der Waals surface area contributed by atoms with Crippen LogP contribution in [-0.4, -0.2) is 19.7 Å². The minimum Gasteiger partial charge on any atom is -0.493 e. The third-order valence-electron chi connectivity index (χ3n) is 7.18. The first-order chi connectivity index (χ1) is 21.2. The molecule has 0 aliphatic carbocycles. The Kier molecular flexibility index (Phi) is 9.19. The van der Waals surface area contributed by atoms with Crippen LogP contribution in [0.1, 0.15) is 33.7 Å². The number of nitriles is 1. The van der Waals surface area contributed by atoms with Crippen LogP contribution < -0.4 is 29.4 Å². The zero-order chi connectivity index (χ0) is 31.4. The highest BCUT2D eigenvalue weighted by Gasteiger charge is 2.32. The van der Waals surface area contributed by atoms with Gasteiger partial charge >= 0.3 is 5.97 Å². The SMILES string of the molecule is COc1cc(C2C(C#N)=C(N)Oc3cc(OC(=O)COc4ccc(C)c(C)c4)ccc32)ccc1OCc1ccc(Cl)cc1Cl. The number of ether oxygens (including phenoxy) is 5. The molecule has 1 aliphatic heterocycles. The van der Waals surface area contributed by atoms with Gasteiger partial charge in [0.2, 0.25) is 5.88 Å². The van der Waals surface area contributed by atoms with Gasteiger partial charge < -0.3 is 29.4 Å². The molecule has 1 aliphatic rings. The Labute approximate surface area is 265 Å². The third-order valence-corrected chi connectivity index (χ3v) is 7.76. The van der Waals surface area contributed by atoms with Gasteiger partial charge in [0.25, 0.3) is 0 Å². The van der Waals surface area contributed by atoms with E-state index >= 15 is 0 Å². The zero-order valence-corrected chi connectivity index (χ0v) is 25.7. The summed E-state index contributed by atoms with van der Waals surface area (Å²) in [4.78, 5) is 12.5. The van der Waals surface area contributed by atoms with Crippen molar-refractivity contribution >= 4 is 29.2 Å². The van der Waals surface area contributed by atoms with Crippen molar-refractivity contribution in [3.63, 3.8) is 0 Å². The molecule has 0 saturated heterocycles. The molecule has 0 radical (unpaired) electrons. The number of aryl methyl sites for hydroxylation is 2. The van der Waals surface area contributed by atoms with E-state index in [-0.39, 0.29) is 30.4 Å². The summed E-state index contributed by atoms with van der Waals surface area (Å²) in [5.74, 6) is 0.885. The molecule has 224 valence electrons. The summed E-state index contributed by atoms with van der Waals surface area (Å²) in [6.45, 7) is 3.89. The second-order valence-electron chi connectivity index (χ2n) is 10.1. The predicted octanol–water partition coefficient (Wildman–Crippen LogP) is 7.40. The molecule has 8 nitrogen and oxygen atoms in total. The van der Waals surface area contributed by atoms with E-state index in [1.807, 2.05) is 32.0 Å². The summed E-state index contributed by atoms with van der Waals surface area (Å²) < 4.78 is 28.5. The number of esters is 1. The number of carbonyl (C=O) groups is 1. The maximum atomic E-state index is 12.5. The first-order valence-corrected chi connectivity index (χ1v) is 14.3. The molecule has 0 aromatic heterocycles. The van der Waals surface area contributed by atoms with E-state index in [0.29, 0.717) is 44.2 Å². The largest absolute Gasteiger partial charge is 0.493 e. The van der Waals surface area contributed by atoms with E-state index in [4.69, 9.17) is 52.6 Å². The first-order valence-electron chi connectivity index (χ1n) is 13.5. The number of nitrogens with zero attached hydrogens (tertiary/aromatic N) is 1. The number of methoxy groups -OCH3 is 1. The number of halogens is 2. The molecule has 0 amide bonds. The van der Waals surface area contributed by atoms with Gasteiger partial charge in [0, 0.05) is 27.2 Å². The van der Waals surface area contributed by atoms with Crippen molar-refractivity contribution in [2.75, 3.05) is 13.7 Å². The molecule has 44 heavy (non-hydrogen) atoms. The van der Waals surface area contributed by atoms with Gasteiger partial charge in [-0.3, -0.25) is 0 Å². The lowest BCUT2D eigenvalue weighted by atomic mass is 9.83. The average Bonchev–Trinajstić information content (AvgIpc) is 3.00. The molecule has 10 heteroatoms. The summed E-state index contributed by atoms with van der Waals surface area (Å²) in [6.07, 6.45) is 0. The Morgan fingerprint density at radius 1 is 0.932 bits per heavy atom. The molecule has 0 bridgehead atoms. The van der Waals surface area contributed by atoms with E-state index in [2.05, 4.69) is 6.07 Å². The Morgan fingerprint density at radius 2 is 1.73 bits per heavy atom. The smallest absolute Gasteiger partial charge is 0.349 e. The van der Waals surface area contributed by atoms with Gasteiger partial charge in [-0.15, -0.1) is 0 Å². The fourth-order valence-corrected chi connectivity index (χ4v) is 5.19. The van der Waals surface area contributed by atoms with Gasteiger partial charge in [-0.2, -0.15) is 5.26 Å². The van der Waals surface area contributed by atoms with Gasteiger partial charge in [0.1, 0.15) is 35.5 Å².